The summed E-state index contributed by atoms with van der Waals surface area (Å²) in [4.78, 5) is 0. The molecule has 3 unspecified atom stereocenters. The highest BCUT2D eigenvalue weighted by Crippen LogP contribution is 2.57. The van der Waals surface area contributed by atoms with E-state index in [-0.39, 0.29) is 11.2 Å². The van der Waals surface area contributed by atoms with Gasteiger partial charge in [-0.1, -0.05) is 24.1 Å². The van der Waals surface area contributed by atoms with Gasteiger partial charge in [-0.15, -0.1) is 0 Å². The first kappa shape index (κ1) is 13.4. The number of halogens is 2. The Labute approximate surface area is 119 Å². The van der Waals surface area contributed by atoms with E-state index in [1.54, 1.807) is 12.1 Å². The first-order valence-electron chi connectivity index (χ1n) is 7.22. The Morgan fingerprint density at radius 3 is 2.84 bits per heavy atom. The summed E-state index contributed by atoms with van der Waals surface area (Å²) in [5.74, 6) is 1.44. The molecule has 3 rings (SSSR count). The molecule has 19 heavy (non-hydrogen) atoms. The third kappa shape index (κ3) is 2.30. The van der Waals surface area contributed by atoms with Crippen LogP contribution in [0.4, 0.5) is 4.39 Å². The molecule has 2 aliphatic carbocycles. The molecule has 1 aromatic carbocycles. The predicted molar refractivity (Wildman–Crippen MR) is 76.9 cm³/mol. The summed E-state index contributed by atoms with van der Waals surface area (Å²) >= 11 is 6.21. The highest BCUT2D eigenvalue weighted by Gasteiger charge is 2.50. The Kier molecular flexibility index (Phi) is 3.57. The Bertz CT molecular complexity index is 456. The second-order valence-electron chi connectivity index (χ2n) is 6.35. The maximum Gasteiger partial charge on any atom is 0.127 e. The number of nitrogens with one attached hydrogen (secondary N) is 1. The minimum absolute atomic E-state index is 0.147. The van der Waals surface area contributed by atoms with Gasteiger partial charge in [-0.2, -0.15) is 0 Å². The molecule has 2 aliphatic rings. The van der Waals surface area contributed by atoms with Crippen LogP contribution in [0.2, 0.25) is 5.02 Å². The monoisotopic (exact) mass is 281 g/mol. The molecule has 0 heterocycles. The molecular formula is C16H21ClFN. The normalized spacial score (nSPS) is 33.0. The number of hydrogen-bond acceptors (Lipinski definition) is 1. The first-order valence-corrected chi connectivity index (χ1v) is 7.60. The largest absolute Gasteiger partial charge is 0.319 e. The highest BCUT2D eigenvalue weighted by atomic mass is 35.5. The molecule has 3 atom stereocenters. The second-order valence-corrected chi connectivity index (χ2v) is 6.76. The SMILES string of the molecule is CNCC1(Cc2c(F)cccc2Cl)CC2CCC1C2. The fourth-order valence-electron chi connectivity index (χ4n) is 4.46. The van der Waals surface area contributed by atoms with Crippen molar-refractivity contribution in [3.05, 3.63) is 34.6 Å². The molecule has 0 aliphatic heterocycles. The van der Waals surface area contributed by atoms with E-state index in [2.05, 4.69) is 5.32 Å². The molecule has 2 fully saturated rings. The molecule has 0 radical (unpaired) electrons. The van der Waals surface area contributed by atoms with E-state index < -0.39 is 0 Å². The standard InChI is InChI=1S/C16H21ClFN/c1-19-10-16(8-11-5-6-12(16)7-11)9-13-14(17)3-2-4-15(13)18/h2-4,11-12,19H,5-10H2,1H3. The van der Waals surface area contributed by atoms with Gasteiger partial charge in [0.1, 0.15) is 5.82 Å². The van der Waals surface area contributed by atoms with Crippen molar-refractivity contribution in [3.8, 4) is 0 Å². The van der Waals surface area contributed by atoms with Gasteiger partial charge in [0.15, 0.2) is 0 Å². The van der Waals surface area contributed by atoms with Crippen LogP contribution < -0.4 is 5.32 Å². The van der Waals surface area contributed by atoms with Gasteiger partial charge in [-0.05, 0) is 62.1 Å². The lowest BCUT2D eigenvalue weighted by atomic mass is 9.69. The molecular weight excluding hydrogens is 261 g/mol. The molecule has 0 saturated heterocycles. The number of hydrogen-bond donors (Lipinski definition) is 1. The molecule has 1 N–H and O–H groups in total. The quantitative estimate of drug-likeness (QED) is 0.878. The van der Waals surface area contributed by atoms with Crippen molar-refractivity contribution >= 4 is 11.6 Å². The fraction of sp³-hybridized carbons (Fsp3) is 0.625. The molecule has 0 spiro atoms. The Hall–Kier alpha value is -0.600. The van der Waals surface area contributed by atoms with E-state index in [0.29, 0.717) is 10.6 Å². The molecule has 1 nitrogen and oxygen atoms in total. The zero-order valence-corrected chi connectivity index (χ0v) is 12.1. The lowest BCUT2D eigenvalue weighted by Crippen LogP contribution is -2.39. The Balaban J connectivity index is 1.90. The van der Waals surface area contributed by atoms with Crippen LogP contribution in [0, 0.1) is 23.1 Å². The van der Waals surface area contributed by atoms with Gasteiger partial charge in [-0.3, -0.25) is 0 Å². The third-order valence-corrected chi connectivity index (χ3v) is 5.58. The minimum atomic E-state index is -0.147. The van der Waals surface area contributed by atoms with Crippen molar-refractivity contribution in [2.45, 2.75) is 32.1 Å². The zero-order valence-electron chi connectivity index (χ0n) is 11.4. The summed E-state index contributed by atoms with van der Waals surface area (Å²) < 4.78 is 14.1. The van der Waals surface area contributed by atoms with Gasteiger partial charge in [0.2, 0.25) is 0 Å². The van der Waals surface area contributed by atoms with E-state index in [9.17, 15) is 4.39 Å². The molecule has 3 heteroatoms. The van der Waals surface area contributed by atoms with E-state index in [0.717, 1.165) is 24.8 Å². The number of fused-ring (bicyclic) bond motifs is 2. The Morgan fingerprint density at radius 1 is 1.42 bits per heavy atom. The topological polar surface area (TPSA) is 12.0 Å². The summed E-state index contributed by atoms with van der Waals surface area (Å²) in [6, 6.07) is 5.02. The average Bonchev–Trinajstić information content (AvgIpc) is 2.95. The lowest BCUT2D eigenvalue weighted by molar-refractivity contribution is 0.158. The van der Waals surface area contributed by atoms with Gasteiger partial charge in [-0.25, -0.2) is 4.39 Å². The van der Waals surface area contributed by atoms with E-state index >= 15 is 0 Å². The van der Waals surface area contributed by atoms with Gasteiger partial charge in [0, 0.05) is 17.1 Å². The van der Waals surface area contributed by atoms with Crippen molar-refractivity contribution in [3.63, 3.8) is 0 Å². The van der Waals surface area contributed by atoms with Crippen LogP contribution in [-0.4, -0.2) is 13.6 Å². The molecule has 2 saturated carbocycles. The number of benzene rings is 1. The van der Waals surface area contributed by atoms with Gasteiger partial charge in [0.05, 0.1) is 0 Å². The summed E-state index contributed by atoms with van der Waals surface area (Å²) in [5.41, 5.74) is 0.927. The summed E-state index contributed by atoms with van der Waals surface area (Å²) in [7, 11) is 2.00. The van der Waals surface area contributed by atoms with E-state index in [4.69, 9.17) is 11.6 Å². The van der Waals surface area contributed by atoms with Crippen molar-refractivity contribution in [1.29, 1.82) is 0 Å². The fourth-order valence-corrected chi connectivity index (χ4v) is 4.69. The third-order valence-electron chi connectivity index (χ3n) is 5.22. The average molecular weight is 282 g/mol. The minimum Gasteiger partial charge on any atom is -0.319 e. The van der Waals surface area contributed by atoms with Crippen LogP contribution in [0.15, 0.2) is 18.2 Å². The van der Waals surface area contributed by atoms with Gasteiger partial charge >= 0.3 is 0 Å². The van der Waals surface area contributed by atoms with Crippen LogP contribution in [0.25, 0.3) is 0 Å². The van der Waals surface area contributed by atoms with Crippen LogP contribution in [0.1, 0.15) is 31.2 Å². The van der Waals surface area contributed by atoms with Crippen molar-refractivity contribution in [2.24, 2.45) is 17.3 Å². The zero-order chi connectivity index (χ0) is 13.5. The van der Waals surface area contributed by atoms with Crippen molar-refractivity contribution < 1.29 is 4.39 Å². The molecule has 0 aromatic heterocycles. The Morgan fingerprint density at radius 2 is 2.26 bits per heavy atom. The maximum absolute atomic E-state index is 14.1. The van der Waals surface area contributed by atoms with E-state index in [1.165, 1.54) is 31.7 Å². The molecule has 1 aromatic rings. The van der Waals surface area contributed by atoms with Gasteiger partial charge in [0.25, 0.3) is 0 Å². The van der Waals surface area contributed by atoms with Crippen molar-refractivity contribution in [2.75, 3.05) is 13.6 Å². The molecule has 104 valence electrons. The highest BCUT2D eigenvalue weighted by molar-refractivity contribution is 6.31. The summed E-state index contributed by atoms with van der Waals surface area (Å²) in [6.07, 6.45) is 6.00. The maximum atomic E-state index is 14.1. The first-order chi connectivity index (χ1) is 9.14. The number of rotatable bonds is 4. The van der Waals surface area contributed by atoms with Crippen molar-refractivity contribution in [1.82, 2.24) is 5.32 Å². The molecule has 0 amide bonds. The smallest absolute Gasteiger partial charge is 0.127 e. The molecule has 2 bridgehead atoms. The predicted octanol–water partition coefficient (Wildman–Crippen LogP) is 4.05. The van der Waals surface area contributed by atoms with Gasteiger partial charge < -0.3 is 5.32 Å². The second kappa shape index (κ2) is 5.06. The van der Waals surface area contributed by atoms with Crippen LogP contribution in [0.3, 0.4) is 0 Å². The van der Waals surface area contributed by atoms with Crippen LogP contribution >= 0.6 is 11.6 Å². The van der Waals surface area contributed by atoms with E-state index in [1.807, 2.05) is 7.05 Å². The lowest BCUT2D eigenvalue weighted by Gasteiger charge is -2.38. The van der Waals surface area contributed by atoms with Crippen LogP contribution in [0.5, 0.6) is 0 Å². The summed E-state index contributed by atoms with van der Waals surface area (Å²) in [5, 5.41) is 3.91. The summed E-state index contributed by atoms with van der Waals surface area (Å²) in [6.45, 7) is 0.971. The van der Waals surface area contributed by atoms with Crippen LogP contribution in [-0.2, 0) is 6.42 Å².